The second-order valence-electron chi connectivity index (χ2n) is 5.21. The lowest BCUT2D eigenvalue weighted by Crippen LogP contribution is -2.20. The van der Waals surface area contributed by atoms with Crippen molar-refractivity contribution < 1.29 is 0 Å². The van der Waals surface area contributed by atoms with Gasteiger partial charge in [-0.2, -0.15) is 5.10 Å². The van der Waals surface area contributed by atoms with Crippen LogP contribution >= 0.6 is 0 Å². The van der Waals surface area contributed by atoms with Gasteiger partial charge >= 0.3 is 0 Å². The van der Waals surface area contributed by atoms with Crippen LogP contribution in [-0.4, -0.2) is 31.7 Å². The predicted octanol–water partition coefficient (Wildman–Crippen LogP) is 2.29. The van der Waals surface area contributed by atoms with Gasteiger partial charge < -0.3 is 4.57 Å². The van der Waals surface area contributed by atoms with Gasteiger partial charge in [-0.15, -0.1) is 0 Å². The highest BCUT2D eigenvalue weighted by atomic mass is 15.2. The molecule has 0 aliphatic rings. The molecule has 1 aromatic carbocycles. The van der Waals surface area contributed by atoms with Gasteiger partial charge in [0, 0.05) is 37.4 Å². The van der Waals surface area contributed by atoms with E-state index in [1.807, 2.05) is 24.5 Å². The van der Waals surface area contributed by atoms with Crippen LogP contribution in [0.1, 0.15) is 17.1 Å². The van der Waals surface area contributed by atoms with Gasteiger partial charge in [-0.05, 0) is 18.7 Å². The molecule has 0 spiro atoms. The summed E-state index contributed by atoms with van der Waals surface area (Å²) in [6.07, 6.45) is 5.67. The summed E-state index contributed by atoms with van der Waals surface area (Å²) in [5.74, 6) is 1.07. The van der Waals surface area contributed by atoms with Crippen molar-refractivity contribution in [1.82, 2.24) is 24.6 Å². The average molecular weight is 281 g/mol. The first-order valence-corrected chi connectivity index (χ1v) is 7.02. The van der Waals surface area contributed by atoms with Crippen molar-refractivity contribution in [3.05, 3.63) is 72.1 Å². The highest BCUT2D eigenvalue weighted by Gasteiger charge is 2.08. The quantitative estimate of drug-likeness (QED) is 0.754. The minimum Gasteiger partial charge on any atom is -0.329 e. The Hall–Kier alpha value is -2.40. The first-order valence-electron chi connectivity index (χ1n) is 7.02. The van der Waals surface area contributed by atoms with Gasteiger partial charge in [0.05, 0.1) is 6.54 Å². The fourth-order valence-electron chi connectivity index (χ4n) is 2.38. The standard InChI is InChI=1S/C16H19N5/c1-20(12-15-7-8-18-19-15)13-16-17-9-10-21(16)11-14-5-3-2-4-6-14/h2-10H,11-13H2,1H3,(H,18,19). The van der Waals surface area contributed by atoms with Gasteiger partial charge in [-0.25, -0.2) is 4.98 Å². The number of nitrogens with one attached hydrogen (secondary N) is 1. The largest absolute Gasteiger partial charge is 0.329 e. The summed E-state index contributed by atoms with van der Waals surface area (Å²) in [5, 5.41) is 6.96. The Bertz CT molecular complexity index is 657. The van der Waals surface area contributed by atoms with Crippen LogP contribution in [0.25, 0.3) is 0 Å². The first-order chi connectivity index (χ1) is 10.3. The van der Waals surface area contributed by atoms with Crippen LogP contribution in [0.5, 0.6) is 0 Å². The zero-order valence-corrected chi connectivity index (χ0v) is 12.1. The lowest BCUT2D eigenvalue weighted by atomic mass is 10.2. The van der Waals surface area contributed by atoms with Crippen LogP contribution in [0.15, 0.2) is 55.0 Å². The fraction of sp³-hybridized carbons (Fsp3) is 0.250. The maximum atomic E-state index is 4.48. The zero-order chi connectivity index (χ0) is 14.5. The van der Waals surface area contributed by atoms with Crippen LogP contribution in [-0.2, 0) is 19.6 Å². The molecule has 5 nitrogen and oxygen atoms in total. The van der Waals surface area contributed by atoms with Crippen molar-refractivity contribution in [1.29, 1.82) is 0 Å². The lowest BCUT2D eigenvalue weighted by molar-refractivity contribution is 0.302. The predicted molar refractivity (Wildman–Crippen MR) is 81.5 cm³/mol. The van der Waals surface area contributed by atoms with E-state index in [1.54, 1.807) is 6.20 Å². The Morgan fingerprint density at radius 3 is 2.71 bits per heavy atom. The van der Waals surface area contributed by atoms with Crippen LogP contribution in [0, 0.1) is 0 Å². The molecule has 21 heavy (non-hydrogen) atoms. The molecule has 0 radical (unpaired) electrons. The van der Waals surface area contributed by atoms with Crippen molar-refractivity contribution in [2.24, 2.45) is 0 Å². The third-order valence-corrected chi connectivity index (χ3v) is 3.41. The Morgan fingerprint density at radius 2 is 1.95 bits per heavy atom. The third kappa shape index (κ3) is 3.58. The number of H-pyrrole nitrogens is 1. The van der Waals surface area contributed by atoms with Gasteiger partial charge in [0.15, 0.2) is 0 Å². The van der Waals surface area contributed by atoms with Crippen LogP contribution in [0.2, 0.25) is 0 Å². The van der Waals surface area contributed by atoms with Crippen molar-refractivity contribution in [3.63, 3.8) is 0 Å². The van der Waals surface area contributed by atoms with Gasteiger partial charge in [0.2, 0.25) is 0 Å². The van der Waals surface area contributed by atoms with Crippen molar-refractivity contribution >= 4 is 0 Å². The highest BCUT2D eigenvalue weighted by Crippen LogP contribution is 2.08. The minimum absolute atomic E-state index is 0.804. The summed E-state index contributed by atoms with van der Waals surface area (Å²) in [4.78, 5) is 6.70. The molecule has 2 aromatic heterocycles. The van der Waals surface area contributed by atoms with Crippen molar-refractivity contribution in [3.8, 4) is 0 Å². The molecule has 0 saturated carbocycles. The van der Waals surface area contributed by atoms with Crippen LogP contribution in [0.3, 0.4) is 0 Å². The average Bonchev–Trinajstić information content (AvgIpc) is 3.13. The van der Waals surface area contributed by atoms with E-state index >= 15 is 0 Å². The summed E-state index contributed by atoms with van der Waals surface area (Å²) in [7, 11) is 2.09. The fourth-order valence-corrected chi connectivity index (χ4v) is 2.38. The smallest absolute Gasteiger partial charge is 0.123 e. The highest BCUT2D eigenvalue weighted by molar-refractivity contribution is 5.15. The number of hydrogen-bond acceptors (Lipinski definition) is 3. The van der Waals surface area contributed by atoms with E-state index in [2.05, 4.69) is 56.0 Å². The third-order valence-electron chi connectivity index (χ3n) is 3.41. The molecule has 3 rings (SSSR count). The Kier molecular flexibility index (Phi) is 4.12. The van der Waals surface area contributed by atoms with E-state index in [4.69, 9.17) is 0 Å². The number of nitrogens with zero attached hydrogens (tertiary/aromatic N) is 4. The van der Waals surface area contributed by atoms with E-state index < -0.39 is 0 Å². The summed E-state index contributed by atoms with van der Waals surface area (Å²) in [5.41, 5.74) is 2.40. The monoisotopic (exact) mass is 281 g/mol. The summed E-state index contributed by atoms with van der Waals surface area (Å²) < 4.78 is 2.19. The molecule has 0 unspecified atom stereocenters. The number of hydrogen-bond donors (Lipinski definition) is 1. The molecule has 0 fully saturated rings. The molecular formula is C16H19N5. The number of aromatic nitrogens is 4. The minimum atomic E-state index is 0.804. The van der Waals surface area contributed by atoms with Gasteiger partial charge in [0.25, 0.3) is 0 Å². The van der Waals surface area contributed by atoms with E-state index in [9.17, 15) is 0 Å². The Morgan fingerprint density at radius 1 is 1.10 bits per heavy atom. The lowest BCUT2D eigenvalue weighted by Gasteiger charge is -2.16. The van der Waals surface area contributed by atoms with E-state index in [0.717, 1.165) is 31.2 Å². The van der Waals surface area contributed by atoms with E-state index in [-0.39, 0.29) is 0 Å². The van der Waals surface area contributed by atoms with E-state index in [0.29, 0.717) is 0 Å². The first kappa shape index (κ1) is 13.6. The number of imidazole rings is 1. The molecule has 2 heterocycles. The summed E-state index contributed by atoms with van der Waals surface area (Å²) in [6.45, 7) is 2.49. The number of aromatic amines is 1. The number of rotatable bonds is 6. The van der Waals surface area contributed by atoms with Gasteiger partial charge in [-0.1, -0.05) is 30.3 Å². The van der Waals surface area contributed by atoms with Crippen molar-refractivity contribution in [2.75, 3.05) is 7.05 Å². The molecule has 0 aliphatic carbocycles. The normalized spacial score (nSPS) is 11.1. The van der Waals surface area contributed by atoms with Crippen molar-refractivity contribution in [2.45, 2.75) is 19.6 Å². The molecule has 3 aromatic rings. The molecule has 0 amide bonds. The molecule has 1 N–H and O–H groups in total. The van der Waals surface area contributed by atoms with Crippen LogP contribution < -0.4 is 0 Å². The molecular weight excluding hydrogens is 262 g/mol. The second-order valence-corrected chi connectivity index (χ2v) is 5.21. The topological polar surface area (TPSA) is 49.7 Å². The van der Waals surface area contributed by atoms with Crippen LogP contribution in [0.4, 0.5) is 0 Å². The Balaban J connectivity index is 1.65. The maximum absolute atomic E-state index is 4.48. The zero-order valence-electron chi connectivity index (χ0n) is 12.1. The molecule has 0 saturated heterocycles. The SMILES string of the molecule is CN(Cc1ccn[nH]1)Cc1nccn1Cc1ccccc1. The van der Waals surface area contributed by atoms with Gasteiger partial charge in [-0.3, -0.25) is 10.00 Å². The van der Waals surface area contributed by atoms with E-state index in [1.165, 1.54) is 5.56 Å². The molecule has 0 aliphatic heterocycles. The summed E-state index contributed by atoms with van der Waals surface area (Å²) >= 11 is 0. The molecule has 108 valence electrons. The number of benzene rings is 1. The molecule has 0 bridgehead atoms. The molecule has 5 heteroatoms. The summed E-state index contributed by atoms with van der Waals surface area (Å²) in [6, 6.07) is 12.4. The second kappa shape index (κ2) is 6.37. The Labute approximate surface area is 124 Å². The van der Waals surface area contributed by atoms with Gasteiger partial charge in [0.1, 0.15) is 5.82 Å². The molecule has 0 atom stereocenters. The maximum Gasteiger partial charge on any atom is 0.123 e.